The van der Waals surface area contributed by atoms with Gasteiger partial charge in [0, 0.05) is 37.6 Å². The van der Waals surface area contributed by atoms with E-state index in [0.717, 1.165) is 0 Å². The molecule has 2 nitrogen and oxygen atoms in total. The van der Waals surface area contributed by atoms with Gasteiger partial charge in [0.2, 0.25) is 0 Å². The second-order valence-electron chi connectivity index (χ2n) is 0. The fourth-order valence-electron chi connectivity index (χ4n) is 0. The Labute approximate surface area is 48.8 Å². The fraction of sp³-hybridized carbons (Fsp3) is 0. The van der Waals surface area contributed by atoms with E-state index in [1.54, 1.807) is 0 Å². The Morgan fingerprint density at radius 1 is 0.750 bits per heavy atom. The monoisotopic (exact) mass is 289 g/mol. The first-order chi connectivity index (χ1) is 0. The number of hydrogen-bond donors (Lipinski definition) is 0. The summed E-state index contributed by atoms with van der Waals surface area (Å²) in [6, 6.07) is 0. The molecule has 0 aliphatic rings. The Balaban J connectivity index is 0. The van der Waals surface area contributed by atoms with Crippen molar-refractivity contribution in [3.63, 3.8) is 0 Å². The summed E-state index contributed by atoms with van der Waals surface area (Å²) in [6.07, 6.45) is 0. The topological polar surface area (TPSA) is 63.0 Å². The summed E-state index contributed by atoms with van der Waals surface area (Å²) in [5, 5.41) is 0. The molecule has 0 aromatic rings. The van der Waals surface area contributed by atoms with Crippen LogP contribution in [0.15, 0.2) is 0 Å². The standard InChI is InChI=1S/Ni.2H2O.Pt/h;2*1H2;. The van der Waals surface area contributed by atoms with Crippen LogP contribution in [0.3, 0.4) is 0 Å². The van der Waals surface area contributed by atoms with E-state index in [1.807, 2.05) is 0 Å². The van der Waals surface area contributed by atoms with Gasteiger partial charge < -0.3 is 11.0 Å². The van der Waals surface area contributed by atoms with Gasteiger partial charge in [-0.15, -0.1) is 0 Å². The maximum absolute atomic E-state index is 0. The molecular formula is H4NiO2Pt. The van der Waals surface area contributed by atoms with E-state index in [1.165, 1.54) is 0 Å². The van der Waals surface area contributed by atoms with Crippen LogP contribution < -0.4 is 0 Å². The smallest absolute Gasteiger partial charge is 0 e. The summed E-state index contributed by atoms with van der Waals surface area (Å²) in [4.78, 5) is 0. The number of rotatable bonds is 0. The van der Waals surface area contributed by atoms with E-state index in [-0.39, 0.29) is 48.5 Å². The SMILES string of the molecule is O.O.[Ni].[Pt]. The zero-order valence-corrected chi connectivity index (χ0v) is 4.89. The van der Waals surface area contributed by atoms with Gasteiger partial charge in [0.25, 0.3) is 0 Å². The molecule has 4 heteroatoms. The largest absolute Gasteiger partial charge is 0.412 e. The van der Waals surface area contributed by atoms with Gasteiger partial charge in [-0.05, 0) is 0 Å². The molecule has 0 aliphatic heterocycles. The van der Waals surface area contributed by atoms with E-state index in [2.05, 4.69) is 0 Å². The van der Waals surface area contributed by atoms with Crippen molar-refractivity contribution in [3.8, 4) is 0 Å². The molecule has 0 aliphatic carbocycles. The van der Waals surface area contributed by atoms with Crippen LogP contribution in [0.25, 0.3) is 0 Å². The van der Waals surface area contributed by atoms with Gasteiger partial charge in [0.05, 0.1) is 0 Å². The second kappa shape index (κ2) is 32.5. The zero-order valence-electron chi connectivity index (χ0n) is 1.63. The van der Waals surface area contributed by atoms with Gasteiger partial charge in [0.15, 0.2) is 0 Å². The van der Waals surface area contributed by atoms with Crippen molar-refractivity contribution in [3.05, 3.63) is 0 Å². The van der Waals surface area contributed by atoms with Crippen LogP contribution in [0.1, 0.15) is 0 Å². The molecule has 0 radical (unpaired) electrons. The van der Waals surface area contributed by atoms with Crippen molar-refractivity contribution in [2.24, 2.45) is 0 Å². The first-order valence-corrected chi connectivity index (χ1v) is 0. The van der Waals surface area contributed by atoms with Gasteiger partial charge >= 0.3 is 0 Å². The van der Waals surface area contributed by atoms with Crippen molar-refractivity contribution in [1.82, 2.24) is 0 Å². The van der Waals surface area contributed by atoms with E-state index in [4.69, 9.17) is 0 Å². The minimum atomic E-state index is 0. The molecule has 4 N–H and O–H groups in total. The second-order valence-corrected chi connectivity index (χ2v) is 0. The van der Waals surface area contributed by atoms with Crippen molar-refractivity contribution >= 4 is 0 Å². The summed E-state index contributed by atoms with van der Waals surface area (Å²) in [6.45, 7) is 0. The molecular weight excluding hydrogens is 286 g/mol. The van der Waals surface area contributed by atoms with Crippen LogP contribution in [-0.4, -0.2) is 11.0 Å². The third-order valence-electron chi connectivity index (χ3n) is 0. The third kappa shape index (κ3) is 11.3. The molecule has 0 saturated heterocycles. The Hall–Kier alpha value is 1.10. The average molecular weight is 290 g/mol. The summed E-state index contributed by atoms with van der Waals surface area (Å²) >= 11 is 0. The van der Waals surface area contributed by atoms with Crippen molar-refractivity contribution in [2.75, 3.05) is 0 Å². The van der Waals surface area contributed by atoms with Crippen LogP contribution in [0.2, 0.25) is 0 Å². The fourth-order valence-corrected chi connectivity index (χ4v) is 0. The molecule has 0 aromatic heterocycles. The number of hydrogen-bond acceptors (Lipinski definition) is 0. The Morgan fingerprint density at radius 3 is 0.750 bits per heavy atom. The molecule has 0 rings (SSSR count). The molecule has 0 atom stereocenters. The Morgan fingerprint density at radius 2 is 0.750 bits per heavy atom. The molecule has 4 heavy (non-hydrogen) atoms. The van der Waals surface area contributed by atoms with E-state index in [9.17, 15) is 0 Å². The predicted octanol–water partition coefficient (Wildman–Crippen LogP) is -1.65. The van der Waals surface area contributed by atoms with Gasteiger partial charge in [-0.1, -0.05) is 0 Å². The molecule has 0 heterocycles. The minimum absolute atomic E-state index is 0. The third-order valence-corrected chi connectivity index (χ3v) is 0. The average Bonchev–Trinajstić information content (AvgIpc) is 0. The molecule has 0 spiro atoms. The molecule has 0 amide bonds. The van der Waals surface area contributed by atoms with Crippen LogP contribution in [-0.2, 0) is 37.6 Å². The van der Waals surface area contributed by atoms with Gasteiger partial charge in [-0.2, -0.15) is 0 Å². The van der Waals surface area contributed by atoms with Crippen LogP contribution in [0, 0.1) is 0 Å². The molecule has 0 saturated carbocycles. The summed E-state index contributed by atoms with van der Waals surface area (Å²) in [7, 11) is 0. The van der Waals surface area contributed by atoms with Crippen molar-refractivity contribution in [1.29, 1.82) is 0 Å². The van der Waals surface area contributed by atoms with E-state index >= 15 is 0 Å². The molecule has 36 valence electrons. The summed E-state index contributed by atoms with van der Waals surface area (Å²) in [5.74, 6) is 0. The van der Waals surface area contributed by atoms with Crippen molar-refractivity contribution < 1.29 is 48.5 Å². The van der Waals surface area contributed by atoms with Gasteiger partial charge in [-0.25, -0.2) is 0 Å². The van der Waals surface area contributed by atoms with Gasteiger partial charge in [0.1, 0.15) is 0 Å². The maximum Gasteiger partial charge on any atom is 0 e. The normalized spacial score (nSPS) is 0. The quantitative estimate of drug-likeness (QED) is 0.480. The molecule has 0 aromatic carbocycles. The zero-order chi connectivity index (χ0) is 0. The molecule has 0 fully saturated rings. The Kier molecular flexibility index (Phi) is 575. The Bertz CT molecular complexity index is 6.00. The van der Waals surface area contributed by atoms with Crippen LogP contribution >= 0.6 is 0 Å². The van der Waals surface area contributed by atoms with Crippen molar-refractivity contribution in [2.45, 2.75) is 0 Å². The maximum atomic E-state index is 0. The van der Waals surface area contributed by atoms with Gasteiger partial charge in [-0.3, -0.25) is 0 Å². The summed E-state index contributed by atoms with van der Waals surface area (Å²) in [5.41, 5.74) is 0. The predicted molar refractivity (Wildman–Crippen MR) is 7.23 cm³/mol. The van der Waals surface area contributed by atoms with Crippen LogP contribution in [0.5, 0.6) is 0 Å². The van der Waals surface area contributed by atoms with E-state index < -0.39 is 0 Å². The molecule has 0 unspecified atom stereocenters. The van der Waals surface area contributed by atoms with E-state index in [0.29, 0.717) is 0 Å². The minimum Gasteiger partial charge on any atom is -0.412 e. The van der Waals surface area contributed by atoms with Crippen LogP contribution in [0.4, 0.5) is 0 Å². The summed E-state index contributed by atoms with van der Waals surface area (Å²) < 4.78 is 0. The first-order valence-electron chi connectivity index (χ1n) is 0. The molecule has 0 bridgehead atoms. The first kappa shape index (κ1) is 70.7.